The number of aromatic nitrogens is 2. The third-order valence-electron chi connectivity index (χ3n) is 9.24. The minimum Gasteiger partial charge on any atom is -0.308 e. The van der Waals surface area contributed by atoms with Crippen molar-refractivity contribution in [2.75, 3.05) is 0 Å². The smallest absolute Gasteiger partial charge is 0.308 e. The Morgan fingerprint density at radius 1 is 0.404 bits per heavy atom. The van der Waals surface area contributed by atoms with Crippen LogP contribution in [0.1, 0.15) is 27.8 Å². The van der Waals surface area contributed by atoms with E-state index in [2.05, 4.69) is 18.2 Å². The molecule has 0 N–H and O–H groups in total. The second kappa shape index (κ2) is 11.5. The highest BCUT2D eigenvalue weighted by Crippen LogP contribution is 2.50. The number of para-hydroxylation sites is 2. The average Bonchev–Trinajstić information content (AvgIpc) is 3.65. The maximum absolute atomic E-state index is 15.1. The first-order valence-corrected chi connectivity index (χ1v) is 15.7. The van der Waals surface area contributed by atoms with Gasteiger partial charge in [0.05, 0.1) is 79.5 Å². The van der Waals surface area contributed by atoms with Crippen LogP contribution in [0.5, 0.6) is 0 Å². The van der Waals surface area contributed by atoms with E-state index in [4.69, 9.17) is 0 Å². The number of halogens is 6. The Balaban J connectivity index is 1.68. The van der Waals surface area contributed by atoms with E-state index in [0.29, 0.717) is 66.9 Å². The van der Waals surface area contributed by atoms with Crippen molar-refractivity contribution < 1.29 is 26.3 Å². The van der Waals surface area contributed by atoms with Crippen LogP contribution in [0.3, 0.4) is 0 Å². The van der Waals surface area contributed by atoms with Crippen molar-refractivity contribution in [1.29, 1.82) is 15.8 Å². The third kappa shape index (κ3) is 4.85. The molecule has 5 nitrogen and oxygen atoms in total. The van der Waals surface area contributed by atoms with Crippen LogP contribution < -0.4 is 0 Å². The predicted octanol–water partition coefficient (Wildman–Crippen LogP) is 11.2. The lowest BCUT2D eigenvalue weighted by Gasteiger charge is -2.25. The zero-order valence-electron chi connectivity index (χ0n) is 26.5. The van der Waals surface area contributed by atoms with Crippen LogP contribution in [-0.2, 0) is 12.4 Å². The lowest BCUT2D eigenvalue weighted by atomic mass is 9.89. The Kier molecular flexibility index (Phi) is 7.13. The Bertz CT molecular complexity index is 2740. The van der Waals surface area contributed by atoms with Crippen LogP contribution >= 0.6 is 0 Å². The number of rotatable bonds is 3. The van der Waals surface area contributed by atoms with E-state index < -0.39 is 34.6 Å². The highest BCUT2D eigenvalue weighted by Gasteiger charge is 2.43. The molecule has 250 valence electrons. The van der Waals surface area contributed by atoms with Crippen molar-refractivity contribution in [2.45, 2.75) is 12.4 Å². The highest BCUT2D eigenvalue weighted by molar-refractivity contribution is 6.12. The summed E-state index contributed by atoms with van der Waals surface area (Å²) >= 11 is 0. The van der Waals surface area contributed by atoms with Crippen molar-refractivity contribution >= 4 is 43.6 Å². The predicted molar refractivity (Wildman–Crippen MR) is 185 cm³/mol. The zero-order chi connectivity index (χ0) is 36.5. The summed E-state index contributed by atoms with van der Waals surface area (Å²) in [6.45, 7) is 0. The lowest BCUT2D eigenvalue weighted by molar-refractivity contribution is -0.142. The van der Waals surface area contributed by atoms with Crippen LogP contribution in [0.2, 0.25) is 0 Å². The van der Waals surface area contributed by atoms with Gasteiger partial charge in [-0.05, 0) is 72.8 Å². The number of hydrogen-bond acceptors (Lipinski definition) is 3. The van der Waals surface area contributed by atoms with E-state index in [-0.39, 0.29) is 16.9 Å². The van der Waals surface area contributed by atoms with Gasteiger partial charge >= 0.3 is 12.4 Å². The summed E-state index contributed by atoms with van der Waals surface area (Å²) in [4.78, 5) is 0. The van der Waals surface area contributed by atoms with Crippen molar-refractivity contribution in [1.82, 2.24) is 9.13 Å². The second-order valence-electron chi connectivity index (χ2n) is 12.1. The maximum atomic E-state index is 15.1. The number of benzene rings is 6. The summed E-state index contributed by atoms with van der Waals surface area (Å²) in [6.07, 6.45) is -10.5. The Hall–Kier alpha value is -7.03. The molecule has 0 saturated heterocycles. The summed E-state index contributed by atoms with van der Waals surface area (Å²) in [6, 6.07) is 33.8. The van der Waals surface area contributed by atoms with Crippen molar-refractivity contribution in [3.8, 4) is 40.7 Å². The van der Waals surface area contributed by atoms with E-state index in [9.17, 15) is 15.8 Å². The normalized spacial score (nSPS) is 12.0. The average molecular weight is 696 g/mol. The van der Waals surface area contributed by atoms with E-state index in [0.717, 1.165) is 6.07 Å². The van der Waals surface area contributed by atoms with E-state index >= 15 is 26.3 Å². The van der Waals surface area contributed by atoms with Gasteiger partial charge in [-0.3, -0.25) is 0 Å². The molecule has 0 spiro atoms. The first-order valence-electron chi connectivity index (χ1n) is 15.7. The number of nitrogens with zero attached hydrogens (tertiary/aromatic N) is 5. The molecule has 0 aliphatic heterocycles. The molecule has 0 amide bonds. The fraction of sp³-hybridized carbons (Fsp3) is 0.0488. The molecule has 11 heteroatoms. The standard InChI is InChI=1S/C41H19F6N5/c42-40(43,44)30-8-5-9-31(41(45,46)47)38(30)39-36(51-32-10-3-1-6-26(32)28-16-23(20-48)12-14-34(28)51)18-25(22-50)19-37(39)52-33-11-4-2-7-27(33)29-17-24(21-49)13-15-35(29)52/h1-19H. The number of alkyl halides is 6. The molecule has 0 fully saturated rings. The summed E-state index contributed by atoms with van der Waals surface area (Å²) in [7, 11) is 0. The molecule has 8 aromatic rings. The minimum atomic E-state index is -5.23. The molecule has 0 atom stereocenters. The summed E-state index contributed by atoms with van der Waals surface area (Å²) in [5.74, 6) is 0. The van der Waals surface area contributed by atoms with Gasteiger partial charge in [0.2, 0.25) is 0 Å². The number of hydrogen-bond donors (Lipinski definition) is 0. The molecule has 0 saturated carbocycles. The van der Waals surface area contributed by atoms with Crippen LogP contribution in [0.4, 0.5) is 26.3 Å². The molecule has 0 aliphatic carbocycles. The molecule has 0 unspecified atom stereocenters. The highest BCUT2D eigenvalue weighted by atomic mass is 19.4. The molecule has 2 heterocycles. The fourth-order valence-corrected chi connectivity index (χ4v) is 7.18. The number of fused-ring (bicyclic) bond motifs is 6. The summed E-state index contributed by atoms with van der Waals surface area (Å²) < 4.78 is 93.6. The molecular weight excluding hydrogens is 676 g/mol. The maximum Gasteiger partial charge on any atom is 0.417 e. The SMILES string of the molecule is N#Cc1cc(-n2c3ccccc3c3cc(C#N)ccc32)c(-c2c(C(F)(F)F)cccc2C(F)(F)F)c(-n2c3ccccc3c3cc(C#N)ccc32)c1. The van der Waals surface area contributed by atoms with Crippen LogP contribution in [0.25, 0.3) is 66.1 Å². The molecular formula is C41H19F6N5. The largest absolute Gasteiger partial charge is 0.417 e. The Morgan fingerprint density at radius 2 is 0.808 bits per heavy atom. The monoisotopic (exact) mass is 695 g/mol. The first kappa shape index (κ1) is 32.2. The van der Waals surface area contributed by atoms with Crippen LogP contribution in [0.15, 0.2) is 115 Å². The van der Waals surface area contributed by atoms with Gasteiger partial charge in [0, 0.05) is 32.7 Å². The van der Waals surface area contributed by atoms with E-state index in [1.54, 1.807) is 81.9 Å². The minimum absolute atomic E-state index is 0.0362. The van der Waals surface area contributed by atoms with E-state index in [1.807, 2.05) is 0 Å². The van der Waals surface area contributed by atoms with Gasteiger partial charge in [-0.25, -0.2) is 0 Å². The van der Waals surface area contributed by atoms with Crippen LogP contribution in [-0.4, -0.2) is 9.13 Å². The third-order valence-corrected chi connectivity index (χ3v) is 9.24. The van der Waals surface area contributed by atoms with Gasteiger partial charge in [-0.1, -0.05) is 42.5 Å². The summed E-state index contributed by atoms with van der Waals surface area (Å²) in [5.41, 5.74) is -2.63. The Labute approximate surface area is 290 Å². The Morgan fingerprint density at radius 3 is 1.21 bits per heavy atom. The van der Waals surface area contributed by atoms with Crippen LogP contribution in [0, 0.1) is 34.0 Å². The quantitative estimate of drug-likeness (QED) is 0.173. The molecule has 0 aliphatic rings. The number of nitriles is 3. The van der Waals surface area contributed by atoms with Gasteiger partial charge in [-0.15, -0.1) is 0 Å². The molecule has 2 aromatic heterocycles. The second-order valence-corrected chi connectivity index (χ2v) is 12.1. The topological polar surface area (TPSA) is 81.2 Å². The van der Waals surface area contributed by atoms with Gasteiger partial charge in [-0.2, -0.15) is 42.1 Å². The molecule has 0 radical (unpaired) electrons. The lowest BCUT2D eigenvalue weighted by Crippen LogP contribution is -2.16. The van der Waals surface area contributed by atoms with Crippen molar-refractivity contribution in [2.24, 2.45) is 0 Å². The zero-order valence-corrected chi connectivity index (χ0v) is 26.5. The van der Waals surface area contributed by atoms with Gasteiger partial charge in [0.15, 0.2) is 0 Å². The summed E-state index contributed by atoms with van der Waals surface area (Å²) in [5, 5.41) is 32.0. The first-order chi connectivity index (χ1) is 24.9. The van der Waals surface area contributed by atoms with Gasteiger partial charge < -0.3 is 9.13 Å². The van der Waals surface area contributed by atoms with Crippen molar-refractivity contribution in [3.05, 3.63) is 143 Å². The molecule has 52 heavy (non-hydrogen) atoms. The molecule has 6 aromatic carbocycles. The van der Waals surface area contributed by atoms with E-state index in [1.165, 1.54) is 24.3 Å². The molecule has 8 rings (SSSR count). The molecule has 0 bridgehead atoms. The van der Waals surface area contributed by atoms with Gasteiger partial charge in [0.25, 0.3) is 0 Å². The van der Waals surface area contributed by atoms with Gasteiger partial charge in [0.1, 0.15) is 0 Å². The fourth-order valence-electron chi connectivity index (χ4n) is 7.18. The van der Waals surface area contributed by atoms with Crippen molar-refractivity contribution in [3.63, 3.8) is 0 Å².